The zero-order valence-electron chi connectivity index (χ0n) is 11.3. The fourth-order valence-electron chi connectivity index (χ4n) is 2.18. The van der Waals surface area contributed by atoms with Crippen molar-refractivity contribution >= 4 is 0 Å². The van der Waals surface area contributed by atoms with Gasteiger partial charge in [-0.05, 0) is 44.4 Å². The highest BCUT2D eigenvalue weighted by Crippen LogP contribution is 2.22. The van der Waals surface area contributed by atoms with Crippen LogP contribution in [0.2, 0.25) is 0 Å². The highest BCUT2D eigenvalue weighted by Gasteiger charge is 2.29. The molecule has 0 radical (unpaired) electrons. The van der Waals surface area contributed by atoms with E-state index in [1.807, 2.05) is 20.8 Å². The summed E-state index contributed by atoms with van der Waals surface area (Å²) in [5.74, 6) is 0. The summed E-state index contributed by atoms with van der Waals surface area (Å²) in [6.07, 6.45) is -4.90. The van der Waals surface area contributed by atoms with Gasteiger partial charge in [0, 0.05) is 12.6 Å². The maximum atomic E-state index is 12.2. The lowest BCUT2D eigenvalue weighted by Crippen LogP contribution is -2.31. The summed E-state index contributed by atoms with van der Waals surface area (Å²) < 4.78 is 36.6. The van der Waals surface area contributed by atoms with Gasteiger partial charge in [-0.25, -0.2) is 0 Å². The third-order valence-electron chi connectivity index (χ3n) is 3.01. The maximum Gasteiger partial charge on any atom is 0.390 e. The van der Waals surface area contributed by atoms with Crippen LogP contribution in [-0.4, -0.2) is 12.2 Å². The van der Waals surface area contributed by atoms with Crippen LogP contribution in [0.4, 0.5) is 13.2 Å². The van der Waals surface area contributed by atoms with Gasteiger partial charge in [0.1, 0.15) is 0 Å². The van der Waals surface area contributed by atoms with Crippen molar-refractivity contribution in [3.8, 4) is 0 Å². The molecular weight excluding hydrogens is 239 g/mol. The molecule has 0 aromatic heterocycles. The van der Waals surface area contributed by atoms with Gasteiger partial charge in [-0.15, -0.1) is 0 Å². The number of halogens is 3. The molecule has 0 amide bonds. The van der Waals surface area contributed by atoms with Crippen molar-refractivity contribution in [2.75, 3.05) is 0 Å². The average Bonchev–Trinajstić information content (AvgIpc) is 2.12. The van der Waals surface area contributed by atoms with Gasteiger partial charge in [0.25, 0.3) is 0 Å². The van der Waals surface area contributed by atoms with Gasteiger partial charge in [-0.3, -0.25) is 0 Å². The monoisotopic (exact) mass is 259 g/mol. The molecule has 0 fully saturated rings. The first-order valence-corrected chi connectivity index (χ1v) is 6.06. The fraction of sp³-hybridized carbons (Fsp3) is 0.571. The second-order valence-electron chi connectivity index (χ2n) is 4.98. The summed E-state index contributed by atoms with van der Waals surface area (Å²) in [6.45, 7) is 8.04. The van der Waals surface area contributed by atoms with E-state index < -0.39 is 18.6 Å². The molecule has 1 nitrogen and oxygen atoms in total. The van der Waals surface area contributed by atoms with Crippen molar-refractivity contribution in [3.63, 3.8) is 0 Å². The van der Waals surface area contributed by atoms with Crippen LogP contribution >= 0.6 is 0 Å². The van der Waals surface area contributed by atoms with Gasteiger partial charge >= 0.3 is 6.18 Å². The smallest absolute Gasteiger partial charge is 0.310 e. The number of rotatable bonds is 4. The Morgan fingerprint density at radius 2 is 1.61 bits per heavy atom. The second-order valence-corrected chi connectivity index (χ2v) is 4.98. The topological polar surface area (TPSA) is 12.0 Å². The number of benzene rings is 1. The van der Waals surface area contributed by atoms with E-state index >= 15 is 0 Å². The number of hydrogen-bond donors (Lipinski definition) is 1. The summed E-state index contributed by atoms with van der Waals surface area (Å²) in [6, 6.07) is 3.54. The van der Waals surface area contributed by atoms with Crippen molar-refractivity contribution in [1.29, 1.82) is 0 Å². The average molecular weight is 259 g/mol. The van der Waals surface area contributed by atoms with Crippen LogP contribution in [0.3, 0.4) is 0 Å². The molecule has 0 saturated heterocycles. The van der Waals surface area contributed by atoms with Crippen LogP contribution in [0.1, 0.15) is 35.6 Å². The predicted octanol–water partition coefficient (Wildman–Crippen LogP) is 4.04. The zero-order chi connectivity index (χ0) is 13.9. The summed E-state index contributed by atoms with van der Waals surface area (Å²) in [5, 5.41) is 2.94. The molecule has 18 heavy (non-hydrogen) atoms. The van der Waals surface area contributed by atoms with E-state index in [9.17, 15) is 13.2 Å². The summed E-state index contributed by atoms with van der Waals surface area (Å²) in [5.41, 5.74) is 4.52. The Balaban J connectivity index is 2.64. The highest BCUT2D eigenvalue weighted by atomic mass is 19.4. The molecule has 0 saturated carbocycles. The molecule has 0 aliphatic rings. The SMILES string of the molecule is Cc1cc(C)c(CNC(C)CC(F)(F)F)c(C)c1. The van der Waals surface area contributed by atoms with Crippen LogP contribution in [0, 0.1) is 20.8 Å². The van der Waals surface area contributed by atoms with Crippen LogP contribution in [0.5, 0.6) is 0 Å². The molecule has 1 unspecified atom stereocenters. The molecular formula is C14H20F3N. The Morgan fingerprint density at radius 1 is 1.11 bits per heavy atom. The zero-order valence-corrected chi connectivity index (χ0v) is 11.3. The fourth-order valence-corrected chi connectivity index (χ4v) is 2.18. The molecule has 0 spiro atoms. The van der Waals surface area contributed by atoms with E-state index in [1.165, 1.54) is 5.56 Å². The van der Waals surface area contributed by atoms with Gasteiger partial charge in [0.05, 0.1) is 6.42 Å². The van der Waals surface area contributed by atoms with Crippen LogP contribution in [0.15, 0.2) is 12.1 Å². The Kier molecular flexibility index (Phi) is 4.79. The van der Waals surface area contributed by atoms with Crippen LogP contribution in [0.25, 0.3) is 0 Å². The first kappa shape index (κ1) is 15.0. The van der Waals surface area contributed by atoms with Crippen molar-refractivity contribution in [2.24, 2.45) is 0 Å². The van der Waals surface area contributed by atoms with Gasteiger partial charge in [-0.2, -0.15) is 13.2 Å². The predicted molar refractivity (Wildman–Crippen MR) is 67.6 cm³/mol. The summed E-state index contributed by atoms with van der Waals surface area (Å²) in [7, 11) is 0. The third-order valence-corrected chi connectivity index (χ3v) is 3.01. The minimum atomic E-state index is -4.11. The van der Waals surface area contributed by atoms with E-state index in [-0.39, 0.29) is 0 Å². The van der Waals surface area contributed by atoms with Crippen LogP contribution in [-0.2, 0) is 6.54 Å². The quantitative estimate of drug-likeness (QED) is 0.860. The normalized spacial score (nSPS) is 13.7. The van der Waals surface area contributed by atoms with Crippen molar-refractivity contribution < 1.29 is 13.2 Å². The van der Waals surface area contributed by atoms with Gasteiger partial charge in [-0.1, -0.05) is 17.7 Å². The molecule has 1 aromatic rings. The molecule has 1 aromatic carbocycles. The lowest BCUT2D eigenvalue weighted by atomic mass is 9.99. The minimum absolute atomic E-state index is 0.481. The molecule has 1 rings (SSSR count). The lowest BCUT2D eigenvalue weighted by Gasteiger charge is -2.18. The first-order chi connectivity index (χ1) is 8.19. The molecule has 0 bridgehead atoms. The van der Waals surface area contributed by atoms with Crippen molar-refractivity contribution in [2.45, 2.75) is 52.9 Å². The Hall–Kier alpha value is -1.03. The van der Waals surface area contributed by atoms with Gasteiger partial charge in [0.15, 0.2) is 0 Å². The number of hydrogen-bond acceptors (Lipinski definition) is 1. The molecule has 4 heteroatoms. The van der Waals surface area contributed by atoms with Crippen molar-refractivity contribution in [3.05, 3.63) is 34.4 Å². The molecule has 0 aliphatic carbocycles. The van der Waals surface area contributed by atoms with E-state index in [4.69, 9.17) is 0 Å². The van der Waals surface area contributed by atoms with E-state index in [2.05, 4.69) is 17.4 Å². The first-order valence-electron chi connectivity index (χ1n) is 6.06. The third kappa shape index (κ3) is 4.69. The molecule has 1 N–H and O–H groups in total. The number of alkyl halides is 3. The van der Waals surface area contributed by atoms with E-state index in [1.54, 1.807) is 6.92 Å². The highest BCUT2D eigenvalue weighted by molar-refractivity contribution is 5.37. The van der Waals surface area contributed by atoms with Crippen LogP contribution < -0.4 is 5.32 Å². The van der Waals surface area contributed by atoms with Gasteiger partial charge in [0.2, 0.25) is 0 Å². The molecule has 102 valence electrons. The van der Waals surface area contributed by atoms with Gasteiger partial charge < -0.3 is 5.32 Å². The largest absolute Gasteiger partial charge is 0.390 e. The maximum absolute atomic E-state index is 12.2. The van der Waals surface area contributed by atoms with E-state index in [0.717, 1.165) is 16.7 Å². The second kappa shape index (κ2) is 5.74. The Labute approximate surface area is 106 Å². The standard InChI is InChI=1S/C14H20F3N/c1-9-5-10(2)13(11(3)6-9)8-18-12(4)7-14(15,16)17/h5-6,12,18H,7-8H2,1-4H3. The molecule has 0 heterocycles. The molecule has 0 aliphatic heterocycles. The van der Waals surface area contributed by atoms with Crippen molar-refractivity contribution in [1.82, 2.24) is 5.32 Å². The Bertz CT molecular complexity index is 387. The summed E-state index contributed by atoms with van der Waals surface area (Å²) in [4.78, 5) is 0. The van der Waals surface area contributed by atoms with E-state index in [0.29, 0.717) is 6.54 Å². The Morgan fingerprint density at radius 3 is 2.06 bits per heavy atom. The molecule has 1 atom stereocenters. The number of aryl methyl sites for hydroxylation is 3. The lowest BCUT2D eigenvalue weighted by molar-refractivity contribution is -0.139. The number of nitrogens with one attached hydrogen (secondary N) is 1. The minimum Gasteiger partial charge on any atom is -0.310 e. The summed E-state index contributed by atoms with van der Waals surface area (Å²) >= 11 is 0.